The molecule has 5 heterocycles. The maximum atomic E-state index is 12.6. The zero-order valence-corrected chi connectivity index (χ0v) is 13.6. The lowest BCUT2D eigenvalue weighted by Crippen LogP contribution is -2.70. The number of thioether (sulfide) groups is 1. The smallest absolute Gasteiger partial charge is 0.273 e. The van der Waals surface area contributed by atoms with Crippen LogP contribution in [0.5, 0.6) is 0 Å². The zero-order chi connectivity index (χ0) is 15.8. The lowest BCUT2D eigenvalue weighted by Gasteiger charge is -2.56. The van der Waals surface area contributed by atoms with Gasteiger partial charge in [-0.25, -0.2) is 9.97 Å². The maximum Gasteiger partial charge on any atom is 0.273 e. The van der Waals surface area contributed by atoms with E-state index < -0.39 is 0 Å². The average Bonchev–Trinajstić information content (AvgIpc) is 2.62. The van der Waals surface area contributed by atoms with Gasteiger partial charge in [-0.2, -0.15) is 0 Å². The number of anilines is 1. The zero-order valence-electron chi connectivity index (χ0n) is 12.8. The molecule has 2 bridgehead atoms. The van der Waals surface area contributed by atoms with Crippen LogP contribution in [0.3, 0.4) is 0 Å². The molecule has 1 amide bonds. The number of aromatic nitrogens is 3. The van der Waals surface area contributed by atoms with Crippen LogP contribution < -0.4 is 4.90 Å². The summed E-state index contributed by atoms with van der Waals surface area (Å²) >= 11 is 1.54. The molecule has 5 rings (SSSR count). The van der Waals surface area contributed by atoms with Gasteiger partial charge < -0.3 is 9.80 Å². The largest absolute Gasteiger partial charge is 0.352 e. The summed E-state index contributed by atoms with van der Waals surface area (Å²) in [5.41, 5.74) is 0.530. The molecular formula is C16H17N5OS. The standard InChI is InChI=1S/C16H17N5OS/c1-23-16-18-7-5-14(19-16)20-9-11-8-12(10-20)21(11)15(22)13-4-2-3-6-17-13/h2-7,11-12H,8-10H2,1H3. The molecule has 0 N–H and O–H groups in total. The van der Waals surface area contributed by atoms with Gasteiger partial charge in [0, 0.05) is 25.5 Å². The van der Waals surface area contributed by atoms with Crippen LogP contribution in [0.15, 0.2) is 41.8 Å². The van der Waals surface area contributed by atoms with Gasteiger partial charge in [-0.3, -0.25) is 9.78 Å². The van der Waals surface area contributed by atoms with Crippen molar-refractivity contribution in [3.63, 3.8) is 0 Å². The van der Waals surface area contributed by atoms with E-state index in [2.05, 4.69) is 19.9 Å². The van der Waals surface area contributed by atoms with E-state index in [4.69, 9.17) is 0 Å². The Morgan fingerprint density at radius 3 is 2.70 bits per heavy atom. The monoisotopic (exact) mass is 327 g/mol. The molecule has 0 aromatic carbocycles. The van der Waals surface area contributed by atoms with Gasteiger partial charge in [-0.1, -0.05) is 17.8 Å². The van der Waals surface area contributed by atoms with Gasteiger partial charge in [0.25, 0.3) is 5.91 Å². The number of piperazine rings is 1. The number of fused-ring (bicyclic) bond motifs is 2. The van der Waals surface area contributed by atoms with E-state index in [-0.39, 0.29) is 18.0 Å². The number of pyridine rings is 1. The van der Waals surface area contributed by atoms with Crippen LogP contribution in [-0.2, 0) is 0 Å². The summed E-state index contributed by atoms with van der Waals surface area (Å²) in [4.78, 5) is 29.8. The number of amides is 1. The predicted molar refractivity (Wildman–Crippen MR) is 88.6 cm³/mol. The van der Waals surface area contributed by atoms with Gasteiger partial charge in [0.2, 0.25) is 0 Å². The Balaban J connectivity index is 1.49. The minimum absolute atomic E-state index is 0.0407. The van der Waals surface area contributed by atoms with Gasteiger partial charge in [0.1, 0.15) is 11.5 Å². The molecule has 3 saturated heterocycles. The van der Waals surface area contributed by atoms with Crippen LogP contribution in [-0.4, -0.2) is 57.2 Å². The van der Waals surface area contributed by atoms with E-state index in [1.807, 2.05) is 29.4 Å². The van der Waals surface area contributed by atoms with Crippen LogP contribution >= 0.6 is 11.8 Å². The number of carbonyl (C=O) groups excluding carboxylic acids is 1. The molecule has 2 unspecified atom stereocenters. The third-order valence-corrected chi connectivity index (χ3v) is 5.00. The molecule has 2 aromatic heterocycles. The van der Waals surface area contributed by atoms with Gasteiger partial charge in [-0.05, 0) is 30.9 Å². The summed E-state index contributed by atoms with van der Waals surface area (Å²) in [6.45, 7) is 1.64. The minimum atomic E-state index is 0.0407. The van der Waals surface area contributed by atoms with Crippen LogP contribution in [0.1, 0.15) is 16.9 Å². The third-order valence-electron chi connectivity index (χ3n) is 4.44. The first kappa shape index (κ1) is 14.4. The highest BCUT2D eigenvalue weighted by Gasteiger charge is 2.47. The summed E-state index contributed by atoms with van der Waals surface area (Å²) < 4.78 is 0. The van der Waals surface area contributed by atoms with E-state index in [0.29, 0.717) is 5.69 Å². The molecule has 0 spiro atoms. The summed E-state index contributed by atoms with van der Waals surface area (Å²) in [6.07, 6.45) is 6.50. The van der Waals surface area contributed by atoms with Gasteiger partial charge in [0.15, 0.2) is 5.16 Å². The summed E-state index contributed by atoms with van der Waals surface area (Å²) in [7, 11) is 0. The fourth-order valence-corrected chi connectivity index (χ4v) is 3.71. The van der Waals surface area contributed by atoms with Crippen molar-refractivity contribution >= 4 is 23.5 Å². The highest BCUT2D eigenvalue weighted by Crippen LogP contribution is 2.35. The van der Waals surface area contributed by atoms with Crippen LogP contribution in [0.2, 0.25) is 0 Å². The Hall–Kier alpha value is -2.15. The highest BCUT2D eigenvalue weighted by atomic mass is 32.2. The Kier molecular flexibility index (Phi) is 3.65. The van der Waals surface area contributed by atoms with E-state index in [9.17, 15) is 4.79 Å². The summed E-state index contributed by atoms with van der Waals surface area (Å²) in [6, 6.07) is 7.89. The van der Waals surface area contributed by atoms with Crippen molar-refractivity contribution < 1.29 is 4.79 Å². The molecular weight excluding hydrogens is 310 g/mol. The Morgan fingerprint density at radius 2 is 2.00 bits per heavy atom. The lowest BCUT2D eigenvalue weighted by molar-refractivity contribution is 0.00522. The van der Waals surface area contributed by atoms with Crippen LogP contribution in [0.4, 0.5) is 5.82 Å². The maximum absolute atomic E-state index is 12.6. The number of carbonyl (C=O) groups is 1. The molecule has 2 atom stereocenters. The van der Waals surface area contributed by atoms with Crippen molar-refractivity contribution in [1.29, 1.82) is 0 Å². The molecule has 0 radical (unpaired) electrons. The average molecular weight is 327 g/mol. The molecule has 3 fully saturated rings. The van der Waals surface area contributed by atoms with Crippen molar-refractivity contribution in [3.8, 4) is 0 Å². The van der Waals surface area contributed by atoms with Crippen LogP contribution in [0, 0.1) is 0 Å². The third kappa shape index (κ3) is 2.55. The van der Waals surface area contributed by atoms with E-state index >= 15 is 0 Å². The fraction of sp³-hybridized carbons (Fsp3) is 0.375. The molecule has 0 aliphatic carbocycles. The molecule has 7 heteroatoms. The quantitative estimate of drug-likeness (QED) is 0.632. The van der Waals surface area contributed by atoms with Crippen molar-refractivity contribution in [3.05, 3.63) is 42.4 Å². The van der Waals surface area contributed by atoms with E-state index in [1.54, 1.807) is 30.2 Å². The van der Waals surface area contributed by atoms with Crippen molar-refractivity contribution in [2.75, 3.05) is 24.2 Å². The van der Waals surface area contributed by atoms with E-state index in [0.717, 1.165) is 30.5 Å². The molecule has 23 heavy (non-hydrogen) atoms. The summed E-state index contributed by atoms with van der Waals surface area (Å²) in [5, 5.41) is 0.781. The van der Waals surface area contributed by atoms with Crippen molar-refractivity contribution in [1.82, 2.24) is 19.9 Å². The summed E-state index contributed by atoms with van der Waals surface area (Å²) in [5.74, 6) is 0.989. The fourth-order valence-electron chi connectivity index (χ4n) is 3.36. The van der Waals surface area contributed by atoms with Gasteiger partial charge in [-0.15, -0.1) is 0 Å². The topological polar surface area (TPSA) is 62.2 Å². The Bertz CT molecular complexity index is 713. The predicted octanol–water partition coefficient (Wildman–Crippen LogP) is 1.70. The van der Waals surface area contributed by atoms with Crippen molar-refractivity contribution in [2.45, 2.75) is 23.7 Å². The highest BCUT2D eigenvalue weighted by molar-refractivity contribution is 7.98. The number of rotatable bonds is 3. The number of piperidine rings is 1. The second kappa shape index (κ2) is 5.81. The molecule has 3 aliphatic heterocycles. The Labute approximate surface area is 138 Å². The van der Waals surface area contributed by atoms with Gasteiger partial charge >= 0.3 is 0 Å². The second-order valence-electron chi connectivity index (χ2n) is 5.78. The minimum Gasteiger partial charge on any atom is -0.352 e. The Morgan fingerprint density at radius 1 is 1.17 bits per heavy atom. The first-order valence-corrected chi connectivity index (χ1v) is 8.84. The molecule has 3 aliphatic rings. The first-order chi connectivity index (χ1) is 11.3. The number of hydrogen-bond acceptors (Lipinski definition) is 6. The molecule has 118 valence electrons. The molecule has 0 saturated carbocycles. The van der Waals surface area contributed by atoms with E-state index in [1.165, 1.54) is 0 Å². The number of nitrogens with zero attached hydrogens (tertiary/aromatic N) is 5. The second-order valence-corrected chi connectivity index (χ2v) is 6.55. The molecule has 6 nitrogen and oxygen atoms in total. The van der Waals surface area contributed by atoms with Crippen molar-refractivity contribution in [2.24, 2.45) is 0 Å². The van der Waals surface area contributed by atoms with Crippen LogP contribution in [0.25, 0.3) is 0 Å². The number of hydrogen-bond donors (Lipinski definition) is 0. The molecule has 2 aromatic rings. The SMILES string of the molecule is CSc1nccc(N2CC3CC(C2)N3C(=O)c2ccccn2)n1. The normalized spacial score (nSPS) is 22.7. The lowest BCUT2D eigenvalue weighted by atomic mass is 9.87. The van der Waals surface area contributed by atoms with Gasteiger partial charge in [0.05, 0.1) is 12.1 Å². The first-order valence-electron chi connectivity index (χ1n) is 7.62.